The standard InChI is InChI=1S/C16H13NO2S2/c1-2-9-19-13-7-3-11(4-8-13)10-14-15(18)17(12-5-6-12)16(20)21-14/h1,3-4,7-8,10,12H,5-6,9H2/b14-10+. The predicted octanol–water partition coefficient (Wildman–Crippen LogP) is 3.06. The lowest BCUT2D eigenvalue weighted by Gasteiger charge is -2.11. The zero-order valence-corrected chi connectivity index (χ0v) is 12.9. The molecule has 1 aliphatic carbocycles. The first-order valence-electron chi connectivity index (χ1n) is 6.62. The van der Waals surface area contributed by atoms with Gasteiger partial charge >= 0.3 is 0 Å². The molecular weight excluding hydrogens is 302 g/mol. The molecule has 0 spiro atoms. The number of ether oxygens (including phenoxy) is 1. The molecule has 1 heterocycles. The van der Waals surface area contributed by atoms with Crippen LogP contribution in [0.1, 0.15) is 18.4 Å². The molecule has 0 unspecified atom stereocenters. The summed E-state index contributed by atoms with van der Waals surface area (Å²) in [6, 6.07) is 7.80. The number of carbonyl (C=O) groups excluding carboxylic acids is 1. The molecule has 1 aromatic carbocycles. The molecule has 0 aromatic heterocycles. The fourth-order valence-electron chi connectivity index (χ4n) is 2.06. The van der Waals surface area contributed by atoms with Gasteiger partial charge in [-0.1, -0.05) is 42.0 Å². The number of hydrogen-bond donors (Lipinski definition) is 0. The highest BCUT2D eigenvalue weighted by atomic mass is 32.2. The van der Waals surface area contributed by atoms with Gasteiger partial charge in [-0.05, 0) is 36.6 Å². The van der Waals surface area contributed by atoms with Gasteiger partial charge in [0.1, 0.15) is 16.7 Å². The molecule has 2 fully saturated rings. The van der Waals surface area contributed by atoms with Crippen LogP contribution in [0.15, 0.2) is 29.2 Å². The summed E-state index contributed by atoms with van der Waals surface area (Å²) in [4.78, 5) is 14.7. The van der Waals surface area contributed by atoms with Gasteiger partial charge in [0.25, 0.3) is 5.91 Å². The van der Waals surface area contributed by atoms with E-state index in [0.29, 0.717) is 15.3 Å². The Hall–Kier alpha value is -1.77. The minimum absolute atomic E-state index is 0.0279. The van der Waals surface area contributed by atoms with Gasteiger partial charge in [0, 0.05) is 6.04 Å². The van der Waals surface area contributed by atoms with Gasteiger partial charge in [0.05, 0.1) is 4.91 Å². The predicted molar refractivity (Wildman–Crippen MR) is 88.8 cm³/mol. The van der Waals surface area contributed by atoms with Gasteiger partial charge in [0.2, 0.25) is 0 Å². The lowest BCUT2D eigenvalue weighted by molar-refractivity contribution is -0.122. The minimum atomic E-state index is 0.0279. The normalized spacial score (nSPS) is 20.0. The number of amides is 1. The third kappa shape index (κ3) is 3.12. The summed E-state index contributed by atoms with van der Waals surface area (Å²) in [5.74, 6) is 3.17. The van der Waals surface area contributed by atoms with E-state index in [9.17, 15) is 4.79 Å². The molecular formula is C16H13NO2S2. The summed E-state index contributed by atoms with van der Waals surface area (Å²) in [5.41, 5.74) is 0.944. The molecule has 0 N–H and O–H groups in total. The summed E-state index contributed by atoms with van der Waals surface area (Å²) in [5, 5.41) is 0. The van der Waals surface area contributed by atoms with Crippen LogP contribution < -0.4 is 4.74 Å². The number of thioether (sulfide) groups is 1. The monoisotopic (exact) mass is 315 g/mol. The van der Waals surface area contributed by atoms with Crippen molar-refractivity contribution in [2.24, 2.45) is 0 Å². The number of carbonyl (C=O) groups is 1. The van der Waals surface area contributed by atoms with Crippen molar-refractivity contribution in [2.75, 3.05) is 6.61 Å². The smallest absolute Gasteiger partial charge is 0.266 e. The Labute approximate surface area is 133 Å². The van der Waals surface area contributed by atoms with Crippen LogP contribution in [0.2, 0.25) is 0 Å². The second kappa shape index (κ2) is 5.92. The van der Waals surface area contributed by atoms with E-state index >= 15 is 0 Å². The molecule has 0 atom stereocenters. The molecule has 2 aliphatic rings. The van der Waals surface area contributed by atoms with E-state index in [4.69, 9.17) is 23.4 Å². The summed E-state index contributed by atoms with van der Waals surface area (Å²) < 4.78 is 5.99. The topological polar surface area (TPSA) is 29.5 Å². The highest BCUT2D eigenvalue weighted by molar-refractivity contribution is 8.26. The highest BCUT2D eigenvalue weighted by Crippen LogP contribution is 2.40. The van der Waals surface area contributed by atoms with E-state index in [2.05, 4.69) is 5.92 Å². The van der Waals surface area contributed by atoms with Gasteiger partial charge in [-0.3, -0.25) is 9.69 Å². The van der Waals surface area contributed by atoms with Crippen LogP contribution in [0.5, 0.6) is 5.75 Å². The first-order chi connectivity index (χ1) is 10.2. The Bertz CT molecular complexity index is 654. The van der Waals surface area contributed by atoms with Crippen LogP contribution in [0, 0.1) is 12.3 Å². The molecule has 1 saturated carbocycles. The van der Waals surface area contributed by atoms with E-state index in [1.54, 1.807) is 4.90 Å². The summed E-state index contributed by atoms with van der Waals surface area (Å²) in [6.07, 6.45) is 9.12. The molecule has 0 radical (unpaired) electrons. The summed E-state index contributed by atoms with van der Waals surface area (Å²) in [7, 11) is 0. The van der Waals surface area contributed by atoms with Crippen molar-refractivity contribution in [1.29, 1.82) is 0 Å². The number of terminal acetylenes is 1. The number of rotatable bonds is 4. The maximum atomic E-state index is 12.3. The number of hydrogen-bond acceptors (Lipinski definition) is 4. The van der Waals surface area contributed by atoms with Crippen LogP contribution in [-0.4, -0.2) is 27.8 Å². The van der Waals surface area contributed by atoms with Crippen molar-refractivity contribution < 1.29 is 9.53 Å². The van der Waals surface area contributed by atoms with Crippen molar-refractivity contribution >= 4 is 40.3 Å². The molecule has 0 bridgehead atoms. The molecule has 1 amide bonds. The fourth-order valence-corrected chi connectivity index (χ4v) is 3.46. The average molecular weight is 315 g/mol. The zero-order chi connectivity index (χ0) is 14.8. The second-order valence-corrected chi connectivity index (χ2v) is 6.52. The van der Waals surface area contributed by atoms with Crippen LogP contribution in [0.4, 0.5) is 0 Å². The molecule has 5 heteroatoms. The van der Waals surface area contributed by atoms with E-state index < -0.39 is 0 Å². The number of thiocarbonyl (C=S) groups is 1. The maximum absolute atomic E-state index is 12.3. The van der Waals surface area contributed by atoms with Crippen molar-refractivity contribution in [3.8, 4) is 18.1 Å². The number of benzene rings is 1. The Morgan fingerprint density at radius 2 is 2.14 bits per heavy atom. The van der Waals surface area contributed by atoms with Gasteiger partial charge in [-0.25, -0.2) is 0 Å². The fraction of sp³-hybridized carbons (Fsp3) is 0.250. The molecule has 1 saturated heterocycles. The first kappa shape index (κ1) is 14.2. The van der Waals surface area contributed by atoms with Gasteiger partial charge in [-0.2, -0.15) is 0 Å². The van der Waals surface area contributed by atoms with E-state index in [1.807, 2.05) is 30.3 Å². The van der Waals surface area contributed by atoms with Gasteiger partial charge in [-0.15, -0.1) is 6.42 Å². The lowest BCUT2D eigenvalue weighted by atomic mass is 10.2. The van der Waals surface area contributed by atoms with E-state index in [1.165, 1.54) is 11.8 Å². The first-order valence-corrected chi connectivity index (χ1v) is 7.85. The van der Waals surface area contributed by atoms with Gasteiger partial charge < -0.3 is 4.74 Å². The van der Waals surface area contributed by atoms with Gasteiger partial charge in [0.15, 0.2) is 0 Å². The maximum Gasteiger partial charge on any atom is 0.266 e. The molecule has 21 heavy (non-hydrogen) atoms. The molecule has 1 aromatic rings. The zero-order valence-electron chi connectivity index (χ0n) is 11.2. The van der Waals surface area contributed by atoms with Crippen LogP contribution in [0.25, 0.3) is 6.08 Å². The molecule has 106 valence electrons. The largest absolute Gasteiger partial charge is 0.481 e. The summed E-state index contributed by atoms with van der Waals surface area (Å²) in [6.45, 7) is 0.249. The lowest BCUT2D eigenvalue weighted by Crippen LogP contribution is -2.30. The van der Waals surface area contributed by atoms with Crippen LogP contribution >= 0.6 is 24.0 Å². The van der Waals surface area contributed by atoms with Crippen LogP contribution in [-0.2, 0) is 4.79 Å². The second-order valence-electron chi connectivity index (χ2n) is 4.84. The molecule has 1 aliphatic heterocycles. The average Bonchev–Trinajstić information content (AvgIpc) is 3.26. The van der Waals surface area contributed by atoms with Crippen molar-refractivity contribution in [1.82, 2.24) is 4.90 Å². The Morgan fingerprint density at radius 3 is 2.76 bits per heavy atom. The Kier molecular flexibility index (Phi) is 4.00. The van der Waals surface area contributed by atoms with Crippen molar-refractivity contribution in [2.45, 2.75) is 18.9 Å². The van der Waals surface area contributed by atoms with E-state index in [0.717, 1.165) is 24.2 Å². The highest BCUT2D eigenvalue weighted by Gasteiger charge is 2.41. The third-order valence-corrected chi connectivity index (χ3v) is 4.57. The van der Waals surface area contributed by atoms with E-state index in [-0.39, 0.29) is 12.5 Å². The van der Waals surface area contributed by atoms with Crippen molar-refractivity contribution in [3.63, 3.8) is 0 Å². The molecule has 3 rings (SSSR count). The Morgan fingerprint density at radius 1 is 1.43 bits per heavy atom. The SMILES string of the molecule is C#CCOc1ccc(/C=C2/SC(=S)N(C3CC3)C2=O)cc1. The quantitative estimate of drug-likeness (QED) is 0.485. The third-order valence-electron chi connectivity index (χ3n) is 3.24. The summed E-state index contributed by atoms with van der Waals surface area (Å²) >= 11 is 6.66. The minimum Gasteiger partial charge on any atom is -0.481 e. The van der Waals surface area contributed by atoms with Crippen LogP contribution in [0.3, 0.4) is 0 Å². The molecule has 3 nitrogen and oxygen atoms in total. The van der Waals surface area contributed by atoms with Crippen molar-refractivity contribution in [3.05, 3.63) is 34.7 Å². The Balaban J connectivity index is 1.74. The number of nitrogens with zero attached hydrogens (tertiary/aromatic N) is 1.